The van der Waals surface area contributed by atoms with Crippen molar-refractivity contribution in [2.75, 3.05) is 7.11 Å². The van der Waals surface area contributed by atoms with Crippen LogP contribution in [0.2, 0.25) is 0 Å². The molecule has 0 unspecified atom stereocenters. The standard InChI is InChI=1S/C16H13Br2NO/c1-20-16-5-4-13(17)8-12(16)10-19-7-6-11-2-3-14(18)9-15(11)19/h2-9H,10H2,1H3. The van der Waals surface area contributed by atoms with E-state index in [0.29, 0.717) is 0 Å². The molecule has 0 fully saturated rings. The van der Waals surface area contributed by atoms with Crippen LogP contribution in [0.25, 0.3) is 10.9 Å². The lowest BCUT2D eigenvalue weighted by Crippen LogP contribution is -2.00. The van der Waals surface area contributed by atoms with E-state index in [-0.39, 0.29) is 0 Å². The van der Waals surface area contributed by atoms with E-state index >= 15 is 0 Å². The number of ether oxygens (including phenoxy) is 1. The van der Waals surface area contributed by atoms with E-state index in [1.54, 1.807) is 7.11 Å². The van der Waals surface area contributed by atoms with E-state index in [1.807, 2.05) is 12.1 Å². The molecule has 0 bridgehead atoms. The quantitative estimate of drug-likeness (QED) is 0.593. The summed E-state index contributed by atoms with van der Waals surface area (Å²) in [4.78, 5) is 0. The first-order valence-electron chi connectivity index (χ1n) is 6.24. The molecule has 0 spiro atoms. The van der Waals surface area contributed by atoms with Crippen LogP contribution in [0, 0.1) is 0 Å². The van der Waals surface area contributed by atoms with Gasteiger partial charge in [-0.2, -0.15) is 0 Å². The zero-order valence-electron chi connectivity index (χ0n) is 10.9. The van der Waals surface area contributed by atoms with Gasteiger partial charge in [0.1, 0.15) is 5.75 Å². The Morgan fingerprint density at radius 3 is 2.55 bits per heavy atom. The van der Waals surface area contributed by atoms with Gasteiger partial charge in [0.05, 0.1) is 13.7 Å². The number of nitrogens with zero attached hydrogens (tertiary/aromatic N) is 1. The number of fused-ring (bicyclic) bond motifs is 1. The molecular formula is C16H13Br2NO. The van der Waals surface area contributed by atoms with Gasteiger partial charge < -0.3 is 9.30 Å². The highest BCUT2D eigenvalue weighted by Gasteiger charge is 2.07. The zero-order chi connectivity index (χ0) is 14.1. The SMILES string of the molecule is COc1ccc(Br)cc1Cn1ccc2ccc(Br)cc21. The Labute approximate surface area is 134 Å². The lowest BCUT2D eigenvalue weighted by molar-refractivity contribution is 0.408. The average Bonchev–Trinajstić information content (AvgIpc) is 2.82. The Balaban J connectivity index is 2.05. The summed E-state index contributed by atoms with van der Waals surface area (Å²) in [7, 11) is 1.71. The molecule has 3 aromatic rings. The van der Waals surface area contributed by atoms with Gasteiger partial charge in [-0.25, -0.2) is 0 Å². The molecule has 2 aromatic carbocycles. The molecular weight excluding hydrogens is 382 g/mol. The highest BCUT2D eigenvalue weighted by atomic mass is 79.9. The van der Waals surface area contributed by atoms with Gasteiger partial charge in [-0.15, -0.1) is 0 Å². The maximum Gasteiger partial charge on any atom is 0.123 e. The molecule has 3 rings (SSSR count). The smallest absolute Gasteiger partial charge is 0.123 e. The Morgan fingerprint density at radius 2 is 1.75 bits per heavy atom. The minimum Gasteiger partial charge on any atom is -0.496 e. The summed E-state index contributed by atoms with van der Waals surface area (Å²) in [5, 5.41) is 1.24. The Morgan fingerprint density at radius 1 is 1.00 bits per heavy atom. The molecule has 0 saturated carbocycles. The van der Waals surface area contributed by atoms with Crippen LogP contribution in [0.5, 0.6) is 5.75 Å². The largest absolute Gasteiger partial charge is 0.496 e. The average molecular weight is 395 g/mol. The van der Waals surface area contributed by atoms with Crippen molar-refractivity contribution in [2.45, 2.75) is 6.54 Å². The summed E-state index contributed by atoms with van der Waals surface area (Å²) in [5.74, 6) is 0.907. The van der Waals surface area contributed by atoms with E-state index in [9.17, 15) is 0 Å². The van der Waals surface area contributed by atoms with Crippen LogP contribution in [0.1, 0.15) is 5.56 Å². The first kappa shape index (κ1) is 13.7. The fraction of sp³-hybridized carbons (Fsp3) is 0.125. The summed E-state index contributed by atoms with van der Waals surface area (Å²) in [6.07, 6.45) is 2.11. The molecule has 0 saturated heterocycles. The van der Waals surface area contributed by atoms with E-state index < -0.39 is 0 Å². The van der Waals surface area contributed by atoms with E-state index in [1.165, 1.54) is 10.9 Å². The summed E-state index contributed by atoms with van der Waals surface area (Å²) < 4.78 is 9.82. The van der Waals surface area contributed by atoms with Crippen LogP contribution in [-0.2, 0) is 6.54 Å². The number of methoxy groups -OCH3 is 1. The minimum absolute atomic E-state index is 0.780. The van der Waals surface area contributed by atoms with Crippen LogP contribution < -0.4 is 4.74 Å². The molecule has 0 aliphatic carbocycles. The van der Waals surface area contributed by atoms with Crippen LogP contribution in [-0.4, -0.2) is 11.7 Å². The Kier molecular flexibility index (Phi) is 3.85. The van der Waals surface area contributed by atoms with Gasteiger partial charge in [0.15, 0.2) is 0 Å². The van der Waals surface area contributed by atoms with Crippen molar-refractivity contribution < 1.29 is 4.74 Å². The third-order valence-electron chi connectivity index (χ3n) is 3.32. The van der Waals surface area contributed by atoms with Crippen LogP contribution in [0.3, 0.4) is 0 Å². The number of halogens is 2. The molecule has 102 valence electrons. The van der Waals surface area contributed by atoms with Gasteiger partial charge in [0.2, 0.25) is 0 Å². The topological polar surface area (TPSA) is 14.2 Å². The van der Waals surface area contributed by atoms with Gasteiger partial charge in [0, 0.05) is 26.2 Å². The van der Waals surface area contributed by atoms with E-state index in [2.05, 4.69) is 73.0 Å². The molecule has 4 heteroatoms. The van der Waals surface area contributed by atoms with Crippen LogP contribution in [0.4, 0.5) is 0 Å². The molecule has 1 aromatic heterocycles. The Hall–Kier alpha value is -1.26. The molecule has 0 atom stereocenters. The lowest BCUT2D eigenvalue weighted by atomic mass is 10.2. The second kappa shape index (κ2) is 5.62. The lowest BCUT2D eigenvalue weighted by Gasteiger charge is -2.11. The van der Waals surface area contributed by atoms with Crippen LogP contribution >= 0.6 is 31.9 Å². The predicted molar refractivity (Wildman–Crippen MR) is 89.4 cm³/mol. The van der Waals surface area contributed by atoms with Crippen molar-refractivity contribution in [3.8, 4) is 5.75 Å². The minimum atomic E-state index is 0.780. The van der Waals surface area contributed by atoms with Gasteiger partial charge >= 0.3 is 0 Å². The molecule has 0 aliphatic heterocycles. The number of aromatic nitrogens is 1. The third-order valence-corrected chi connectivity index (χ3v) is 4.31. The molecule has 0 N–H and O–H groups in total. The third kappa shape index (κ3) is 2.63. The maximum absolute atomic E-state index is 5.44. The molecule has 0 amide bonds. The molecule has 20 heavy (non-hydrogen) atoms. The first-order valence-corrected chi connectivity index (χ1v) is 7.83. The normalized spacial score (nSPS) is 10.9. The Bertz CT molecular complexity index is 764. The first-order chi connectivity index (χ1) is 9.67. The highest BCUT2D eigenvalue weighted by Crippen LogP contribution is 2.26. The van der Waals surface area contributed by atoms with Gasteiger partial charge in [0.25, 0.3) is 0 Å². The highest BCUT2D eigenvalue weighted by molar-refractivity contribution is 9.10. The van der Waals surface area contributed by atoms with Gasteiger partial charge in [-0.1, -0.05) is 37.9 Å². The van der Waals surface area contributed by atoms with E-state index in [0.717, 1.165) is 26.8 Å². The van der Waals surface area contributed by atoms with Crippen LogP contribution in [0.15, 0.2) is 57.6 Å². The summed E-state index contributed by atoms with van der Waals surface area (Å²) >= 11 is 7.05. The monoisotopic (exact) mass is 393 g/mol. The fourth-order valence-electron chi connectivity index (χ4n) is 2.35. The molecule has 0 aliphatic rings. The summed E-state index contributed by atoms with van der Waals surface area (Å²) in [5.41, 5.74) is 2.36. The number of hydrogen-bond acceptors (Lipinski definition) is 1. The fourth-order valence-corrected chi connectivity index (χ4v) is 3.11. The van der Waals surface area contributed by atoms with Crippen molar-refractivity contribution in [1.82, 2.24) is 4.57 Å². The molecule has 0 radical (unpaired) electrons. The zero-order valence-corrected chi connectivity index (χ0v) is 14.1. The van der Waals surface area contributed by atoms with Crippen molar-refractivity contribution in [3.05, 3.63) is 63.2 Å². The van der Waals surface area contributed by atoms with Gasteiger partial charge in [-0.3, -0.25) is 0 Å². The number of hydrogen-bond donors (Lipinski definition) is 0. The van der Waals surface area contributed by atoms with Crippen molar-refractivity contribution in [2.24, 2.45) is 0 Å². The second-order valence-corrected chi connectivity index (χ2v) is 6.43. The van der Waals surface area contributed by atoms with Crippen molar-refractivity contribution in [3.63, 3.8) is 0 Å². The predicted octanol–water partition coefficient (Wildman–Crippen LogP) is 5.22. The number of benzene rings is 2. The summed E-state index contributed by atoms with van der Waals surface area (Å²) in [6.45, 7) is 0.780. The molecule has 1 heterocycles. The van der Waals surface area contributed by atoms with Gasteiger partial charge in [-0.05, 0) is 41.8 Å². The molecule has 2 nitrogen and oxygen atoms in total. The maximum atomic E-state index is 5.44. The van der Waals surface area contributed by atoms with Crippen molar-refractivity contribution in [1.29, 1.82) is 0 Å². The second-order valence-electron chi connectivity index (χ2n) is 4.60. The van der Waals surface area contributed by atoms with Crippen molar-refractivity contribution >= 4 is 42.8 Å². The number of rotatable bonds is 3. The van der Waals surface area contributed by atoms with E-state index in [4.69, 9.17) is 4.74 Å². The summed E-state index contributed by atoms with van der Waals surface area (Å²) in [6, 6.07) is 14.5.